The van der Waals surface area contributed by atoms with Crippen molar-refractivity contribution in [1.29, 1.82) is 0 Å². The number of hydrogen-bond acceptors (Lipinski definition) is 2. The molecule has 1 heterocycles. The Morgan fingerprint density at radius 2 is 2.00 bits per heavy atom. The lowest BCUT2D eigenvalue weighted by molar-refractivity contribution is 0.560. The molecule has 90 valence electrons. The molecule has 1 nitrogen and oxygen atoms in total. The van der Waals surface area contributed by atoms with Gasteiger partial charge in [0.1, 0.15) is 0 Å². The first kappa shape index (κ1) is 12.6. The highest BCUT2D eigenvalue weighted by Crippen LogP contribution is 2.19. The number of nitrogens with one attached hydrogen (secondary N) is 1. The second kappa shape index (κ2) is 6.20. The van der Waals surface area contributed by atoms with E-state index in [4.69, 9.17) is 11.6 Å². The summed E-state index contributed by atoms with van der Waals surface area (Å²) in [6.07, 6.45) is 2.02. The number of benzene rings is 1. The number of thiophene rings is 1. The van der Waals surface area contributed by atoms with Gasteiger partial charge in [-0.3, -0.25) is 0 Å². The summed E-state index contributed by atoms with van der Waals surface area (Å²) < 4.78 is 0. The van der Waals surface area contributed by atoms with Crippen LogP contribution in [0.25, 0.3) is 0 Å². The van der Waals surface area contributed by atoms with Crippen LogP contribution in [-0.2, 0) is 12.8 Å². The van der Waals surface area contributed by atoms with Crippen LogP contribution in [-0.4, -0.2) is 13.1 Å². The lowest BCUT2D eigenvalue weighted by Crippen LogP contribution is -2.29. The molecule has 1 unspecified atom stereocenters. The first-order chi connectivity index (χ1) is 8.29. The number of halogens is 1. The van der Waals surface area contributed by atoms with Crippen molar-refractivity contribution >= 4 is 22.9 Å². The summed E-state index contributed by atoms with van der Waals surface area (Å²) in [5.41, 5.74) is 1.21. The Balaban J connectivity index is 2.03. The molecule has 0 aliphatic rings. The fraction of sp³-hybridized carbons (Fsp3) is 0.286. The average Bonchev–Trinajstić information content (AvgIpc) is 2.84. The van der Waals surface area contributed by atoms with Crippen molar-refractivity contribution < 1.29 is 0 Å². The maximum absolute atomic E-state index is 6.18. The van der Waals surface area contributed by atoms with Crippen molar-refractivity contribution in [1.82, 2.24) is 5.32 Å². The molecule has 3 heteroatoms. The zero-order valence-corrected chi connectivity index (χ0v) is 11.4. The second-order valence-electron chi connectivity index (χ2n) is 4.06. The van der Waals surface area contributed by atoms with Crippen molar-refractivity contribution in [2.75, 3.05) is 7.05 Å². The van der Waals surface area contributed by atoms with E-state index in [9.17, 15) is 0 Å². The van der Waals surface area contributed by atoms with E-state index in [1.807, 2.05) is 36.6 Å². The molecule has 0 saturated heterocycles. The van der Waals surface area contributed by atoms with Crippen LogP contribution in [0.2, 0.25) is 5.02 Å². The van der Waals surface area contributed by atoms with Crippen molar-refractivity contribution in [3.8, 4) is 0 Å². The van der Waals surface area contributed by atoms with Crippen LogP contribution >= 0.6 is 22.9 Å². The lowest BCUT2D eigenvalue weighted by atomic mass is 10.0. The standard InChI is InChI=1S/C14H16ClNS/c1-16-12(10-13-6-4-8-17-13)9-11-5-2-3-7-14(11)15/h2-8,12,16H,9-10H2,1H3. The molecule has 0 fully saturated rings. The zero-order chi connectivity index (χ0) is 12.1. The molecule has 17 heavy (non-hydrogen) atoms. The minimum absolute atomic E-state index is 0.438. The molecule has 1 N–H and O–H groups in total. The number of rotatable bonds is 5. The van der Waals surface area contributed by atoms with Crippen LogP contribution < -0.4 is 5.32 Å². The van der Waals surface area contributed by atoms with Gasteiger partial charge in [0.05, 0.1) is 0 Å². The third kappa shape index (κ3) is 3.56. The highest BCUT2D eigenvalue weighted by atomic mass is 35.5. The molecule has 1 aromatic carbocycles. The fourth-order valence-electron chi connectivity index (χ4n) is 1.88. The largest absolute Gasteiger partial charge is 0.316 e. The van der Waals surface area contributed by atoms with E-state index >= 15 is 0 Å². The van der Waals surface area contributed by atoms with Crippen molar-refractivity contribution in [2.24, 2.45) is 0 Å². The summed E-state index contributed by atoms with van der Waals surface area (Å²) in [4.78, 5) is 1.41. The highest BCUT2D eigenvalue weighted by Gasteiger charge is 2.10. The Morgan fingerprint density at radius 1 is 1.18 bits per heavy atom. The maximum atomic E-state index is 6.18. The Labute approximate surface area is 111 Å². The van der Waals surface area contributed by atoms with E-state index in [1.165, 1.54) is 10.4 Å². The van der Waals surface area contributed by atoms with Gasteiger partial charge in [0.15, 0.2) is 0 Å². The maximum Gasteiger partial charge on any atom is 0.0438 e. The molecule has 0 radical (unpaired) electrons. The minimum atomic E-state index is 0.438. The molecule has 0 aliphatic heterocycles. The number of likely N-dealkylation sites (N-methyl/N-ethyl adjacent to an activating group) is 1. The van der Waals surface area contributed by atoms with E-state index in [0.29, 0.717) is 6.04 Å². The van der Waals surface area contributed by atoms with Gasteiger partial charge in [0.2, 0.25) is 0 Å². The summed E-state index contributed by atoms with van der Waals surface area (Å²) in [6.45, 7) is 0. The fourth-order valence-corrected chi connectivity index (χ4v) is 2.88. The molecule has 0 amide bonds. The molecule has 0 aliphatic carbocycles. The quantitative estimate of drug-likeness (QED) is 0.868. The monoisotopic (exact) mass is 265 g/mol. The van der Waals surface area contributed by atoms with Crippen LogP contribution in [0.3, 0.4) is 0 Å². The average molecular weight is 266 g/mol. The third-order valence-electron chi connectivity index (χ3n) is 2.86. The van der Waals surface area contributed by atoms with Gasteiger partial charge >= 0.3 is 0 Å². The number of hydrogen-bond donors (Lipinski definition) is 1. The van der Waals surface area contributed by atoms with Crippen molar-refractivity contribution in [2.45, 2.75) is 18.9 Å². The summed E-state index contributed by atoms with van der Waals surface area (Å²) in [5, 5.41) is 6.35. The van der Waals surface area contributed by atoms with E-state index in [1.54, 1.807) is 0 Å². The lowest BCUT2D eigenvalue weighted by Gasteiger charge is -2.16. The normalized spacial score (nSPS) is 12.6. The molecular weight excluding hydrogens is 250 g/mol. The molecule has 0 saturated carbocycles. The van der Waals surface area contributed by atoms with E-state index in [-0.39, 0.29) is 0 Å². The van der Waals surface area contributed by atoms with E-state index in [0.717, 1.165) is 17.9 Å². The van der Waals surface area contributed by atoms with Gasteiger partial charge < -0.3 is 5.32 Å². The molecule has 0 spiro atoms. The van der Waals surface area contributed by atoms with Crippen LogP contribution in [0.4, 0.5) is 0 Å². The Bertz CT molecular complexity index is 453. The summed E-state index contributed by atoms with van der Waals surface area (Å²) in [6, 6.07) is 12.8. The van der Waals surface area contributed by atoms with Crippen molar-refractivity contribution in [3.63, 3.8) is 0 Å². The first-order valence-electron chi connectivity index (χ1n) is 5.72. The Hall–Kier alpha value is -0.830. The predicted molar refractivity (Wildman–Crippen MR) is 76.0 cm³/mol. The van der Waals surface area contributed by atoms with Crippen molar-refractivity contribution in [3.05, 3.63) is 57.2 Å². The van der Waals surface area contributed by atoms with E-state index in [2.05, 4.69) is 28.9 Å². The molecular formula is C14H16ClNS. The zero-order valence-electron chi connectivity index (χ0n) is 9.82. The van der Waals surface area contributed by atoms with Gasteiger partial charge in [-0.15, -0.1) is 11.3 Å². The predicted octanol–water partition coefficient (Wildman–Crippen LogP) is 3.77. The molecule has 2 rings (SSSR count). The third-order valence-corrected chi connectivity index (χ3v) is 4.13. The topological polar surface area (TPSA) is 12.0 Å². The van der Waals surface area contributed by atoms with Gasteiger partial charge in [-0.05, 0) is 43.0 Å². The van der Waals surface area contributed by atoms with Gasteiger partial charge in [-0.1, -0.05) is 35.9 Å². The minimum Gasteiger partial charge on any atom is -0.316 e. The summed E-state index contributed by atoms with van der Waals surface area (Å²) in [5.74, 6) is 0. The van der Waals surface area contributed by atoms with Gasteiger partial charge in [0, 0.05) is 15.9 Å². The van der Waals surface area contributed by atoms with Gasteiger partial charge in [-0.25, -0.2) is 0 Å². The van der Waals surface area contributed by atoms with Crippen LogP contribution in [0.5, 0.6) is 0 Å². The Morgan fingerprint density at radius 3 is 2.65 bits per heavy atom. The second-order valence-corrected chi connectivity index (χ2v) is 5.50. The molecule has 2 aromatic rings. The van der Waals surface area contributed by atoms with Gasteiger partial charge in [0.25, 0.3) is 0 Å². The molecule has 1 aromatic heterocycles. The van der Waals surface area contributed by atoms with Crippen LogP contribution in [0, 0.1) is 0 Å². The highest BCUT2D eigenvalue weighted by molar-refractivity contribution is 7.09. The Kier molecular flexibility index (Phi) is 4.60. The SMILES string of the molecule is CNC(Cc1cccs1)Cc1ccccc1Cl. The molecule has 1 atom stereocenters. The first-order valence-corrected chi connectivity index (χ1v) is 6.98. The van der Waals surface area contributed by atoms with E-state index < -0.39 is 0 Å². The van der Waals surface area contributed by atoms with Crippen LogP contribution in [0.15, 0.2) is 41.8 Å². The van der Waals surface area contributed by atoms with Gasteiger partial charge in [-0.2, -0.15) is 0 Å². The van der Waals surface area contributed by atoms with Crippen LogP contribution in [0.1, 0.15) is 10.4 Å². The summed E-state index contributed by atoms with van der Waals surface area (Å²) >= 11 is 7.99. The smallest absolute Gasteiger partial charge is 0.0438 e. The molecule has 0 bridgehead atoms. The summed E-state index contributed by atoms with van der Waals surface area (Å²) in [7, 11) is 2.01.